The van der Waals surface area contributed by atoms with Gasteiger partial charge < -0.3 is 9.64 Å². The summed E-state index contributed by atoms with van der Waals surface area (Å²) < 4.78 is 6.39. The molecule has 0 radical (unpaired) electrons. The average molecular weight is 380 g/mol. The van der Waals surface area contributed by atoms with Gasteiger partial charge in [0.2, 0.25) is 0 Å². The number of H-pyrrole nitrogens is 1. The molecular weight excluding hydrogens is 358 g/mol. The van der Waals surface area contributed by atoms with Crippen LogP contribution in [0, 0.1) is 0 Å². The smallest absolute Gasteiger partial charge is 0.275 e. The highest BCUT2D eigenvalue weighted by molar-refractivity contribution is 9.10. The van der Waals surface area contributed by atoms with E-state index in [1.54, 1.807) is 11.9 Å². The van der Waals surface area contributed by atoms with Gasteiger partial charge in [-0.05, 0) is 40.4 Å². The van der Waals surface area contributed by atoms with E-state index in [1.807, 2.05) is 30.3 Å². The number of hydrogen-bond donors (Lipinski definition) is 1. The molecule has 1 aromatic carbocycles. The molecule has 1 aromatic heterocycles. The first-order valence-corrected chi connectivity index (χ1v) is 8.47. The summed E-state index contributed by atoms with van der Waals surface area (Å²) >= 11 is 3.47. The van der Waals surface area contributed by atoms with E-state index in [0.29, 0.717) is 18.8 Å². The molecule has 0 saturated carbocycles. The number of para-hydroxylation sites is 1. The van der Waals surface area contributed by atoms with Crippen molar-refractivity contribution in [1.82, 2.24) is 15.1 Å². The van der Waals surface area contributed by atoms with Gasteiger partial charge in [0, 0.05) is 13.6 Å². The number of amides is 1. The van der Waals surface area contributed by atoms with Crippen molar-refractivity contribution >= 4 is 21.8 Å². The van der Waals surface area contributed by atoms with E-state index >= 15 is 0 Å². The molecular formula is C17H22BrN3O2. The molecule has 1 amide bonds. The van der Waals surface area contributed by atoms with Gasteiger partial charge in [-0.2, -0.15) is 5.10 Å². The van der Waals surface area contributed by atoms with Crippen molar-refractivity contribution in [2.45, 2.75) is 26.2 Å². The third-order valence-corrected chi connectivity index (χ3v) is 4.31. The fourth-order valence-corrected chi connectivity index (χ4v) is 2.96. The first kappa shape index (κ1) is 17.5. The van der Waals surface area contributed by atoms with E-state index in [4.69, 9.17) is 4.74 Å². The standard InChI is InChI=1S/C17H22BrN3O2/c1-12(2)15-14(18)16(20-19-15)17(22)21(3)10-7-11-23-13-8-5-4-6-9-13/h4-6,8-9,12H,7,10-11H2,1-3H3,(H,19,20). The number of nitrogens with zero attached hydrogens (tertiary/aromatic N) is 2. The Morgan fingerprint density at radius 1 is 1.35 bits per heavy atom. The second-order valence-electron chi connectivity index (χ2n) is 5.70. The zero-order valence-corrected chi connectivity index (χ0v) is 15.3. The average Bonchev–Trinajstić information content (AvgIpc) is 2.93. The Balaban J connectivity index is 1.83. The fourth-order valence-electron chi connectivity index (χ4n) is 2.16. The number of benzene rings is 1. The summed E-state index contributed by atoms with van der Waals surface area (Å²) in [7, 11) is 1.78. The molecule has 0 fully saturated rings. The lowest BCUT2D eigenvalue weighted by Crippen LogP contribution is -2.29. The largest absolute Gasteiger partial charge is 0.494 e. The van der Waals surface area contributed by atoms with Gasteiger partial charge in [-0.25, -0.2) is 0 Å². The van der Waals surface area contributed by atoms with E-state index < -0.39 is 0 Å². The van der Waals surface area contributed by atoms with Crippen LogP contribution in [0.5, 0.6) is 5.75 Å². The Morgan fingerprint density at radius 3 is 2.65 bits per heavy atom. The summed E-state index contributed by atoms with van der Waals surface area (Å²) in [6, 6.07) is 9.66. The highest BCUT2D eigenvalue weighted by Crippen LogP contribution is 2.26. The molecule has 1 heterocycles. The van der Waals surface area contributed by atoms with Crippen LogP contribution in [0.4, 0.5) is 0 Å². The van der Waals surface area contributed by atoms with E-state index in [0.717, 1.165) is 22.3 Å². The summed E-state index contributed by atoms with van der Waals surface area (Å²) in [5.41, 5.74) is 1.37. The number of carbonyl (C=O) groups is 1. The highest BCUT2D eigenvalue weighted by Gasteiger charge is 2.21. The minimum atomic E-state index is -0.0975. The van der Waals surface area contributed by atoms with Crippen LogP contribution < -0.4 is 4.74 Å². The second-order valence-corrected chi connectivity index (χ2v) is 6.49. The number of carbonyl (C=O) groups excluding carboxylic acids is 1. The quantitative estimate of drug-likeness (QED) is 0.743. The van der Waals surface area contributed by atoms with Crippen molar-refractivity contribution in [2.75, 3.05) is 20.2 Å². The third kappa shape index (κ3) is 4.58. The molecule has 0 saturated heterocycles. The van der Waals surface area contributed by atoms with Crippen molar-refractivity contribution < 1.29 is 9.53 Å². The maximum Gasteiger partial charge on any atom is 0.275 e. The van der Waals surface area contributed by atoms with Crippen molar-refractivity contribution in [2.24, 2.45) is 0 Å². The number of hydrogen-bond acceptors (Lipinski definition) is 3. The summed E-state index contributed by atoms with van der Waals surface area (Å²) in [6.07, 6.45) is 0.760. The van der Waals surface area contributed by atoms with Crippen LogP contribution in [-0.4, -0.2) is 41.2 Å². The summed E-state index contributed by atoms with van der Waals surface area (Å²) in [6.45, 7) is 5.29. The Bertz CT molecular complexity index is 641. The van der Waals surface area contributed by atoms with Gasteiger partial charge in [-0.3, -0.25) is 9.89 Å². The SMILES string of the molecule is CC(C)c1[nH]nc(C(=O)N(C)CCCOc2ccccc2)c1Br. The summed E-state index contributed by atoms with van der Waals surface area (Å²) in [4.78, 5) is 14.1. The van der Waals surface area contributed by atoms with Crippen LogP contribution in [0.25, 0.3) is 0 Å². The molecule has 0 spiro atoms. The minimum Gasteiger partial charge on any atom is -0.494 e. The predicted octanol–water partition coefficient (Wildman–Crippen LogP) is 3.84. The molecule has 0 atom stereocenters. The fraction of sp³-hybridized carbons (Fsp3) is 0.412. The number of halogens is 1. The molecule has 0 unspecified atom stereocenters. The van der Waals surface area contributed by atoms with Crippen LogP contribution in [0.15, 0.2) is 34.8 Å². The van der Waals surface area contributed by atoms with E-state index in [2.05, 4.69) is 40.0 Å². The first-order chi connectivity index (χ1) is 11.0. The topological polar surface area (TPSA) is 58.2 Å². The lowest BCUT2D eigenvalue weighted by Gasteiger charge is -2.16. The van der Waals surface area contributed by atoms with E-state index in [9.17, 15) is 4.79 Å². The van der Waals surface area contributed by atoms with Crippen molar-refractivity contribution in [3.63, 3.8) is 0 Å². The van der Waals surface area contributed by atoms with Crippen LogP contribution in [0.3, 0.4) is 0 Å². The third-order valence-electron chi connectivity index (χ3n) is 3.51. The van der Waals surface area contributed by atoms with Gasteiger partial charge in [0.25, 0.3) is 5.91 Å². The van der Waals surface area contributed by atoms with Crippen molar-refractivity contribution in [3.8, 4) is 5.75 Å². The molecule has 0 aliphatic carbocycles. The molecule has 5 nitrogen and oxygen atoms in total. The molecule has 6 heteroatoms. The number of aromatic amines is 1. The van der Waals surface area contributed by atoms with Crippen LogP contribution >= 0.6 is 15.9 Å². The van der Waals surface area contributed by atoms with Gasteiger partial charge in [0.1, 0.15) is 5.75 Å². The lowest BCUT2D eigenvalue weighted by molar-refractivity contribution is 0.0781. The summed E-state index contributed by atoms with van der Waals surface area (Å²) in [5, 5.41) is 7.07. The van der Waals surface area contributed by atoms with Gasteiger partial charge in [0.05, 0.1) is 16.8 Å². The van der Waals surface area contributed by atoms with Gasteiger partial charge in [-0.1, -0.05) is 32.0 Å². The zero-order valence-electron chi connectivity index (χ0n) is 13.7. The van der Waals surface area contributed by atoms with Gasteiger partial charge in [0.15, 0.2) is 5.69 Å². The number of ether oxygens (including phenoxy) is 1. The maximum atomic E-state index is 12.4. The number of rotatable bonds is 7. The second kappa shape index (κ2) is 8.15. The van der Waals surface area contributed by atoms with E-state index in [-0.39, 0.29) is 11.8 Å². The molecule has 1 N–H and O–H groups in total. The molecule has 0 bridgehead atoms. The number of aromatic nitrogens is 2. The molecule has 0 aliphatic heterocycles. The predicted molar refractivity (Wildman–Crippen MR) is 93.9 cm³/mol. The van der Waals surface area contributed by atoms with Crippen molar-refractivity contribution in [3.05, 3.63) is 46.2 Å². The molecule has 0 aliphatic rings. The van der Waals surface area contributed by atoms with Gasteiger partial charge in [-0.15, -0.1) is 0 Å². The molecule has 2 rings (SSSR count). The Kier molecular flexibility index (Phi) is 6.21. The van der Waals surface area contributed by atoms with Crippen LogP contribution in [0.2, 0.25) is 0 Å². The lowest BCUT2D eigenvalue weighted by atomic mass is 10.1. The number of nitrogens with one attached hydrogen (secondary N) is 1. The Labute approximate surface area is 145 Å². The minimum absolute atomic E-state index is 0.0975. The molecule has 2 aromatic rings. The first-order valence-electron chi connectivity index (χ1n) is 7.67. The van der Waals surface area contributed by atoms with Crippen LogP contribution in [0.1, 0.15) is 42.4 Å². The Morgan fingerprint density at radius 2 is 2.04 bits per heavy atom. The maximum absolute atomic E-state index is 12.4. The van der Waals surface area contributed by atoms with Crippen LogP contribution in [-0.2, 0) is 0 Å². The highest BCUT2D eigenvalue weighted by atomic mass is 79.9. The van der Waals surface area contributed by atoms with Crippen molar-refractivity contribution in [1.29, 1.82) is 0 Å². The monoisotopic (exact) mass is 379 g/mol. The summed E-state index contributed by atoms with van der Waals surface area (Å²) in [5.74, 6) is 1.03. The van der Waals surface area contributed by atoms with Gasteiger partial charge >= 0.3 is 0 Å². The normalized spacial score (nSPS) is 10.8. The molecule has 23 heavy (non-hydrogen) atoms. The Hall–Kier alpha value is -1.82. The zero-order chi connectivity index (χ0) is 16.8. The molecule has 124 valence electrons. The van der Waals surface area contributed by atoms with E-state index in [1.165, 1.54) is 0 Å².